The van der Waals surface area contributed by atoms with Gasteiger partial charge in [0.1, 0.15) is 0 Å². The van der Waals surface area contributed by atoms with Gasteiger partial charge in [-0.25, -0.2) is 4.68 Å². The fourth-order valence-corrected chi connectivity index (χ4v) is 2.35. The summed E-state index contributed by atoms with van der Waals surface area (Å²) in [5, 5.41) is 5.96. The Balaban J connectivity index is 1.80. The number of fused-ring (bicyclic) bond motifs is 1. The highest BCUT2D eigenvalue weighted by Crippen LogP contribution is 2.02. The number of amides is 1. The van der Waals surface area contributed by atoms with Crippen LogP contribution in [0, 0.1) is 0 Å². The molecule has 0 radical (unpaired) electrons. The van der Waals surface area contributed by atoms with Crippen molar-refractivity contribution in [1.82, 2.24) is 15.1 Å². The second kappa shape index (κ2) is 9.75. The zero-order valence-electron chi connectivity index (χ0n) is 14.2. The summed E-state index contributed by atoms with van der Waals surface area (Å²) in [5.74, 6) is -0.183. The number of aryl methyl sites for hydroxylation is 1. The highest BCUT2D eigenvalue weighted by atomic mass is 16.5. The number of methoxy groups -OCH3 is 1. The van der Waals surface area contributed by atoms with Crippen LogP contribution in [0.4, 0.5) is 0 Å². The molecule has 1 aromatic heterocycles. The van der Waals surface area contributed by atoms with Gasteiger partial charge in [0.25, 0.3) is 11.1 Å². The van der Waals surface area contributed by atoms with Crippen molar-refractivity contribution in [2.24, 2.45) is 0 Å². The highest BCUT2D eigenvalue weighted by molar-refractivity contribution is 5.80. The van der Waals surface area contributed by atoms with Crippen LogP contribution in [0.25, 0.3) is 10.8 Å². The molecule has 2 aromatic rings. The van der Waals surface area contributed by atoms with E-state index in [1.54, 1.807) is 31.4 Å². The van der Waals surface area contributed by atoms with Crippen LogP contribution in [-0.2, 0) is 20.8 Å². The first-order valence-electron chi connectivity index (χ1n) is 8.18. The Morgan fingerprint density at radius 3 is 2.68 bits per heavy atom. The van der Waals surface area contributed by atoms with Crippen molar-refractivity contribution < 1.29 is 14.3 Å². The number of hydrogen-bond donors (Lipinski definition) is 2. The van der Waals surface area contributed by atoms with E-state index in [-0.39, 0.29) is 30.0 Å². The third-order valence-electron chi connectivity index (χ3n) is 3.67. The summed E-state index contributed by atoms with van der Waals surface area (Å²) in [4.78, 5) is 36.1. The Labute approximate surface area is 144 Å². The monoisotopic (exact) mass is 349 g/mol. The summed E-state index contributed by atoms with van der Waals surface area (Å²) in [7, 11) is 1.61. The third-order valence-corrected chi connectivity index (χ3v) is 3.67. The molecule has 1 aromatic carbocycles. The van der Waals surface area contributed by atoms with Crippen LogP contribution in [0.1, 0.15) is 12.8 Å². The molecule has 0 unspecified atom stereocenters. The molecule has 0 aliphatic rings. The van der Waals surface area contributed by atoms with Gasteiger partial charge in [-0.05, 0) is 18.6 Å². The van der Waals surface area contributed by atoms with Crippen molar-refractivity contribution in [3.05, 3.63) is 45.0 Å². The van der Waals surface area contributed by atoms with Crippen molar-refractivity contribution in [3.63, 3.8) is 0 Å². The third kappa shape index (κ3) is 5.54. The Hall–Kier alpha value is -2.45. The van der Waals surface area contributed by atoms with E-state index in [1.165, 1.54) is 4.68 Å². The Morgan fingerprint density at radius 1 is 1.16 bits per heavy atom. The first kappa shape index (κ1) is 18.9. The second-order valence-corrected chi connectivity index (χ2v) is 5.50. The first-order valence-corrected chi connectivity index (χ1v) is 8.18. The Morgan fingerprint density at radius 2 is 1.92 bits per heavy atom. The summed E-state index contributed by atoms with van der Waals surface area (Å²) >= 11 is 0. The molecule has 8 nitrogen and oxygen atoms in total. The molecule has 8 heteroatoms. The molecular weight excluding hydrogens is 326 g/mol. The number of rotatable bonds is 10. The molecule has 0 saturated carbocycles. The number of hydrogen-bond acceptors (Lipinski definition) is 5. The number of aromatic amines is 1. The van der Waals surface area contributed by atoms with Crippen LogP contribution in [-0.4, -0.2) is 49.2 Å². The number of nitrogens with one attached hydrogen (secondary N) is 2. The smallest absolute Gasteiger partial charge is 0.273 e. The van der Waals surface area contributed by atoms with E-state index in [1.807, 2.05) is 0 Å². The number of ether oxygens (including phenoxy) is 2. The van der Waals surface area contributed by atoms with E-state index >= 15 is 0 Å². The summed E-state index contributed by atoms with van der Waals surface area (Å²) in [6.07, 6.45) is 0.806. The van der Waals surface area contributed by atoms with E-state index in [0.29, 0.717) is 43.6 Å². The maximum absolute atomic E-state index is 12.3. The van der Waals surface area contributed by atoms with E-state index in [0.717, 1.165) is 0 Å². The quantitative estimate of drug-likeness (QED) is 0.599. The number of carbonyl (C=O) groups is 1. The lowest BCUT2D eigenvalue weighted by molar-refractivity contribution is -0.121. The average molecular weight is 349 g/mol. The van der Waals surface area contributed by atoms with E-state index < -0.39 is 0 Å². The number of aromatic nitrogens is 2. The number of benzene rings is 1. The lowest BCUT2D eigenvalue weighted by Crippen LogP contribution is -2.32. The maximum Gasteiger partial charge on any atom is 0.273 e. The topological polar surface area (TPSA) is 102 Å². The lowest BCUT2D eigenvalue weighted by Gasteiger charge is -2.08. The average Bonchev–Trinajstić information content (AvgIpc) is 2.63. The molecule has 0 atom stereocenters. The summed E-state index contributed by atoms with van der Waals surface area (Å²) in [5.41, 5.74) is -0.654. The second-order valence-electron chi connectivity index (χ2n) is 5.50. The molecule has 2 rings (SSSR count). The minimum atomic E-state index is -0.344. The summed E-state index contributed by atoms with van der Waals surface area (Å²) < 4.78 is 11.3. The molecule has 1 heterocycles. The first-order chi connectivity index (χ1) is 12.1. The van der Waals surface area contributed by atoms with Crippen LogP contribution >= 0.6 is 0 Å². The highest BCUT2D eigenvalue weighted by Gasteiger charge is 2.08. The van der Waals surface area contributed by atoms with Gasteiger partial charge in [-0.1, -0.05) is 12.1 Å². The normalized spacial score (nSPS) is 10.9. The predicted octanol–water partition coefficient (Wildman–Crippen LogP) is 0.249. The van der Waals surface area contributed by atoms with Crippen LogP contribution < -0.4 is 16.4 Å². The molecule has 0 aliphatic heterocycles. The van der Waals surface area contributed by atoms with Crippen LogP contribution in [0.5, 0.6) is 0 Å². The number of carbonyl (C=O) groups excluding carboxylic acids is 1. The van der Waals surface area contributed by atoms with Crippen molar-refractivity contribution in [2.45, 2.75) is 19.4 Å². The van der Waals surface area contributed by atoms with Gasteiger partial charge in [0.05, 0.1) is 30.5 Å². The molecule has 0 spiro atoms. The zero-order valence-corrected chi connectivity index (χ0v) is 14.2. The molecule has 0 aliphatic carbocycles. The Kier molecular flexibility index (Phi) is 7.36. The van der Waals surface area contributed by atoms with Crippen molar-refractivity contribution in [1.29, 1.82) is 0 Å². The van der Waals surface area contributed by atoms with Crippen LogP contribution in [0.15, 0.2) is 33.9 Å². The fraction of sp³-hybridized carbons (Fsp3) is 0.471. The van der Waals surface area contributed by atoms with Gasteiger partial charge in [-0.3, -0.25) is 19.5 Å². The standard InChI is InChI=1S/C17H23N3O5/c1-24-11-12-25-10-4-8-18-15(21)7-9-20-17(23)14-6-3-2-5-13(14)16(22)19-20/h2-3,5-6H,4,7-12H2,1H3,(H,18,21)(H,19,22). The largest absolute Gasteiger partial charge is 0.382 e. The van der Waals surface area contributed by atoms with Crippen molar-refractivity contribution >= 4 is 16.7 Å². The molecule has 25 heavy (non-hydrogen) atoms. The van der Waals surface area contributed by atoms with Gasteiger partial charge in [-0.15, -0.1) is 0 Å². The summed E-state index contributed by atoms with van der Waals surface area (Å²) in [6.45, 7) is 2.24. The molecule has 136 valence electrons. The van der Waals surface area contributed by atoms with Crippen LogP contribution in [0.3, 0.4) is 0 Å². The minimum Gasteiger partial charge on any atom is -0.382 e. The SMILES string of the molecule is COCCOCCCNC(=O)CCn1[nH]c(=O)c2ccccc2c1=O. The minimum absolute atomic E-state index is 0.110. The van der Waals surface area contributed by atoms with E-state index in [9.17, 15) is 14.4 Å². The van der Waals surface area contributed by atoms with E-state index in [4.69, 9.17) is 9.47 Å². The van der Waals surface area contributed by atoms with E-state index in [2.05, 4.69) is 10.4 Å². The fourth-order valence-electron chi connectivity index (χ4n) is 2.35. The molecule has 1 amide bonds. The predicted molar refractivity (Wildman–Crippen MR) is 93.8 cm³/mol. The molecule has 0 saturated heterocycles. The molecular formula is C17H23N3O5. The number of nitrogens with zero attached hydrogens (tertiary/aromatic N) is 1. The molecule has 0 bridgehead atoms. The summed E-state index contributed by atoms with van der Waals surface area (Å²) in [6, 6.07) is 6.61. The van der Waals surface area contributed by atoms with Gasteiger partial charge < -0.3 is 14.8 Å². The maximum atomic E-state index is 12.3. The zero-order chi connectivity index (χ0) is 18.1. The molecule has 2 N–H and O–H groups in total. The lowest BCUT2D eigenvalue weighted by atomic mass is 10.2. The van der Waals surface area contributed by atoms with Crippen molar-refractivity contribution in [3.8, 4) is 0 Å². The van der Waals surface area contributed by atoms with Gasteiger partial charge in [-0.2, -0.15) is 0 Å². The van der Waals surface area contributed by atoms with Gasteiger partial charge >= 0.3 is 0 Å². The molecule has 0 fully saturated rings. The van der Waals surface area contributed by atoms with Crippen molar-refractivity contribution in [2.75, 3.05) is 33.5 Å². The van der Waals surface area contributed by atoms with Gasteiger partial charge in [0.2, 0.25) is 5.91 Å². The van der Waals surface area contributed by atoms with Gasteiger partial charge in [0.15, 0.2) is 0 Å². The Bertz CT molecular complexity index is 812. The van der Waals surface area contributed by atoms with Gasteiger partial charge in [0, 0.05) is 26.7 Å². The number of H-pyrrole nitrogens is 1. The van der Waals surface area contributed by atoms with Crippen LogP contribution in [0.2, 0.25) is 0 Å².